The van der Waals surface area contributed by atoms with Crippen molar-refractivity contribution < 1.29 is 41.7 Å². The van der Waals surface area contributed by atoms with Crippen LogP contribution in [0.4, 0.5) is 26.3 Å². The first-order valence-corrected chi connectivity index (χ1v) is 12.1. The first-order chi connectivity index (χ1) is 15.8. The molecule has 2 rings (SSSR count). The third kappa shape index (κ3) is 5.82. The Bertz CT molecular complexity index is 812. The molecule has 2 fully saturated rings. The summed E-state index contributed by atoms with van der Waals surface area (Å²) in [6.45, 7) is 11.9. The van der Waals surface area contributed by atoms with Crippen molar-refractivity contribution in [2.45, 2.75) is 103 Å². The Morgan fingerprint density at radius 3 is 2.20 bits per heavy atom. The molecule has 0 amide bonds. The first-order valence-electron chi connectivity index (χ1n) is 12.1. The maximum atomic E-state index is 13.0. The van der Waals surface area contributed by atoms with Gasteiger partial charge in [-0.15, -0.1) is 0 Å². The second-order valence-corrected chi connectivity index (χ2v) is 11.1. The highest BCUT2D eigenvalue weighted by atomic mass is 19.4. The van der Waals surface area contributed by atoms with E-state index in [9.17, 15) is 41.7 Å². The summed E-state index contributed by atoms with van der Waals surface area (Å²) in [7, 11) is 0. The molecule has 0 heterocycles. The average Bonchev–Trinajstić information content (AvgIpc) is 2.93. The number of aliphatic hydroxyl groups is 3. The molecule has 0 unspecified atom stereocenters. The van der Waals surface area contributed by atoms with Gasteiger partial charge >= 0.3 is 12.4 Å². The molecule has 0 spiro atoms. The minimum absolute atomic E-state index is 0.126. The molecule has 2 saturated carbocycles. The molecule has 0 saturated heterocycles. The Morgan fingerprint density at radius 2 is 1.66 bits per heavy atom. The molecule has 3 N–H and O–H groups in total. The first kappa shape index (κ1) is 29.9. The summed E-state index contributed by atoms with van der Waals surface area (Å²) in [6, 6.07) is 0. The predicted octanol–water partition coefficient (Wildman–Crippen LogP) is 6.65. The highest BCUT2D eigenvalue weighted by Gasteiger charge is 2.69. The molecular weight excluding hydrogens is 474 g/mol. The van der Waals surface area contributed by atoms with E-state index in [1.807, 2.05) is 32.1 Å². The summed E-state index contributed by atoms with van der Waals surface area (Å²) in [4.78, 5) is 0. The molecular formula is C26H38F6O3. The Balaban J connectivity index is 2.08. The van der Waals surface area contributed by atoms with Crippen LogP contribution < -0.4 is 0 Å². The van der Waals surface area contributed by atoms with Gasteiger partial charge in [0.15, 0.2) is 0 Å². The van der Waals surface area contributed by atoms with Crippen LogP contribution in [0.3, 0.4) is 0 Å². The van der Waals surface area contributed by atoms with Crippen LogP contribution in [0.2, 0.25) is 0 Å². The second kappa shape index (κ2) is 10.2. The van der Waals surface area contributed by atoms with E-state index in [1.54, 1.807) is 0 Å². The van der Waals surface area contributed by atoms with Crippen molar-refractivity contribution in [3.63, 3.8) is 0 Å². The largest absolute Gasteiger partial charge is 0.426 e. The quantitative estimate of drug-likeness (QED) is 0.335. The van der Waals surface area contributed by atoms with Gasteiger partial charge in [0.1, 0.15) is 0 Å². The van der Waals surface area contributed by atoms with E-state index in [4.69, 9.17) is 0 Å². The maximum Gasteiger partial charge on any atom is 0.426 e. The number of hydrogen-bond donors (Lipinski definition) is 3. The van der Waals surface area contributed by atoms with Crippen LogP contribution in [0.5, 0.6) is 0 Å². The fourth-order valence-electron chi connectivity index (χ4n) is 5.77. The Hall–Kier alpha value is -1.32. The molecule has 9 heteroatoms. The third-order valence-corrected chi connectivity index (χ3v) is 8.98. The van der Waals surface area contributed by atoms with E-state index in [-0.39, 0.29) is 35.5 Å². The molecule has 2 aliphatic rings. The summed E-state index contributed by atoms with van der Waals surface area (Å²) in [5.41, 5.74) is -3.95. The molecule has 35 heavy (non-hydrogen) atoms. The lowest BCUT2D eigenvalue weighted by Crippen LogP contribution is -2.56. The standard InChI is InChI=1S/C26H38F6O3/c1-16(8-7-12-24(35,25(27,28)29)26(30,31)32)23(5)13-11-19(22(23,3)4)10-6-9-18-14-20(33)15-21(34)17(18)2/h6,9-10,16,19-21,33-35H,2,7-8,11-15H2,1,3-5H3/b10-6+,18-9?/t16-,19-,20-,21+,23-/m1/s1. The smallest absolute Gasteiger partial charge is 0.393 e. The summed E-state index contributed by atoms with van der Waals surface area (Å²) in [5.74, 6) is -0.0378. The Labute approximate surface area is 203 Å². The van der Waals surface area contributed by atoms with Gasteiger partial charge in [0.05, 0.1) is 12.2 Å². The minimum atomic E-state index is -5.79. The molecule has 5 atom stereocenters. The van der Waals surface area contributed by atoms with Gasteiger partial charge in [0, 0.05) is 6.42 Å². The van der Waals surface area contributed by atoms with Gasteiger partial charge < -0.3 is 15.3 Å². The number of aliphatic hydroxyl groups excluding tert-OH is 2. The van der Waals surface area contributed by atoms with E-state index in [0.717, 1.165) is 18.4 Å². The zero-order valence-electron chi connectivity index (χ0n) is 20.8. The predicted molar refractivity (Wildman–Crippen MR) is 122 cm³/mol. The highest BCUT2D eigenvalue weighted by molar-refractivity contribution is 5.37. The summed E-state index contributed by atoms with van der Waals surface area (Å²) in [5, 5.41) is 29.3. The number of halogens is 6. The lowest BCUT2D eigenvalue weighted by molar-refractivity contribution is -0.370. The number of alkyl halides is 6. The van der Waals surface area contributed by atoms with Gasteiger partial charge in [-0.2, -0.15) is 26.3 Å². The van der Waals surface area contributed by atoms with Gasteiger partial charge in [0.25, 0.3) is 5.60 Å². The van der Waals surface area contributed by atoms with E-state index in [1.165, 1.54) is 0 Å². The van der Waals surface area contributed by atoms with Crippen LogP contribution in [0, 0.1) is 22.7 Å². The molecule has 0 radical (unpaired) electrons. The lowest BCUT2D eigenvalue weighted by Gasteiger charge is -2.46. The van der Waals surface area contributed by atoms with Crippen LogP contribution in [-0.4, -0.2) is 45.5 Å². The highest BCUT2D eigenvalue weighted by Crippen LogP contribution is 2.61. The van der Waals surface area contributed by atoms with Gasteiger partial charge in [-0.3, -0.25) is 0 Å². The van der Waals surface area contributed by atoms with Crippen LogP contribution in [0.25, 0.3) is 0 Å². The van der Waals surface area contributed by atoms with Crippen LogP contribution in [0.1, 0.15) is 72.6 Å². The Morgan fingerprint density at radius 1 is 1.09 bits per heavy atom. The number of allylic oxidation sites excluding steroid dienone is 3. The number of rotatable bonds is 7. The van der Waals surface area contributed by atoms with E-state index < -0.39 is 43.0 Å². The van der Waals surface area contributed by atoms with E-state index >= 15 is 0 Å². The molecule has 0 bridgehead atoms. The molecule has 0 aromatic rings. The van der Waals surface area contributed by atoms with Crippen molar-refractivity contribution in [3.05, 3.63) is 36.0 Å². The molecule has 3 nitrogen and oxygen atoms in total. The van der Waals surface area contributed by atoms with Gasteiger partial charge in [-0.25, -0.2) is 0 Å². The van der Waals surface area contributed by atoms with Gasteiger partial charge in [0.2, 0.25) is 0 Å². The molecule has 0 aromatic heterocycles. The van der Waals surface area contributed by atoms with Crippen molar-refractivity contribution in [3.8, 4) is 0 Å². The minimum Gasteiger partial charge on any atom is -0.393 e. The third-order valence-electron chi connectivity index (χ3n) is 8.98. The average molecular weight is 513 g/mol. The fourth-order valence-corrected chi connectivity index (χ4v) is 5.77. The van der Waals surface area contributed by atoms with E-state index in [2.05, 4.69) is 20.4 Å². The Kier molecular flexibility index (Phi) is 8.72. The summed E-state index contributed by atoms with van der Waals surface area (Å²) >= 11 is 0. The SMILES string of the molecule is C=C1C(=C/C=C/[C@@H]2CC[C@](C)([C@H](C)CCCC(O)(C(F)(F)F)C(F)(F)F)C2(C)C)C[C@@H](O)C[C@@H]1O. The molecule has 0 aromatic carbocycles. The molecule has 0 aliphatic heterocycles. The van der Waals surface area contributed by atoms with Crippen LogP contribution >= 0.6 is 0 Å². The number of hydrogen-bond acceptors (Lipinski definition) is 3. The van der Waals surface area contributed by atoms with Crippen molar-refractivity contribution in [2.24, 2.45) is 22.7 Å². The maximum absolute atomic E-state index is 13.0. The zero-order valence-corrected chi connectivity index (χ0v) is 20.8. The van der Waals surface area contributed by atoms with Gasteiger partial charge in [-0.1, -0.05) is 58.9 Å². The lowest BCUT2D eigenvalue weighted by atomic mass is 9.59. The van der Waals surface area contributed by atoms with Crippen molar-refractivity contribution in [2.75, 3.05) is 0 Å². The van der Waals surface area contributed by atoms with Crippen molar-refractivity contribution in [1.29, 1.82) is 0 Å². The zero-order chi connectivity index (χ0) is 27.0. The topological polar surface area (TPSA) is 60.7 Å². The summed E-state index contributed by atoms with van der Waals surface area (Å²) < 4.78 is 77.9. The summed E-state index contributed by atoms with van der Waals surface area (Å²) in [6.07, 6.45) is -6.68. The van der Waals surface area contributed by atoms with Crippen molar-refractivity contribution >= 4 is 0 Å². The normalized spacial score (nSPS) is 32.5. The monoisotopic (exact) mass is 512 g/mol. The van der Waals surface area contributed by atoms with Crippen LogP contribution in [-0.2, 0) is 0 Å². The van der Waals surface area contributed by atoms with Crippen LogP contribution in [0.15, 0.2) is 36.0 Å². The molecule has 202 valence electrons. The van der Waals surface area contributed by atoms with Gasteiger partial charge in [-0.05, 0) is 65.9 Å². The fraction of sp³-hybridized carbons (Fsp3) is 0.769. The van der Waals surface area contributed by atoms with E-state index in [0.29, 0.717) is 12.0 Å². The van der Waals surface area contributed by atoms with Crippen molar-refractivity contribution in [1.82, 2.24) is 0 Å². The molecule has 2 aliphatic carbocycles. The second-order valence-electron chi connectivity index (χ2n) is 11.1.